The van der Waals surface area contributed by atoms with E-state index in [-0.39, 0.29) is 10.8 Å². The van der Waals surface area contributed by atoms with Gasteiger partial charge in [0.15, 0.2) is 0 Å². The lowest BCUT2D eigenvalue weighted by molar-refractivity contribution is 0.0953. The molecule has 0 saturated carbocycles. The van der Waals surface area contributed by atoms with E-state index in [1.807, 2.05) is 19.9 Å². The number of halogens is 1. The highest BCUT2D eigenvalue weighted by Gasteiger charge is 2.11. The van der Waals surface area contributed by atoms with Gasteiger partial charge in [0.2, 0.25) is 0 Å². The number of carbonyl (C=O) groups excluding carboxylic acids is 1. The maximum atomic E-state index is 11.9. The summed E-state index contributed by atoms with van der Waals surface area (Å²) in [6.07, 6.45) is 0. The quantitative estimate of drug-likeness (QED) is 0.501. The number of aryl methyl sites for hydroxylation is 1. The first-order chi connectivity index (χ1) is 9.43. The Morgan fingerprint density at radius 2 is 2.15 bits per heavy atom. The predicted octanol–water partition coefficient (Wildman–Crippen LogP) is 1.94. The second kappa shape index (κ2) is 5.90. The van der Waals surface area contributed by atoms with Crippen molar-refractivity contribution in [3.05, 3.63) is 54.0 Å². The Kier molecular flexibility index (Phi) is 4.42. The first kappa shape index (κ1) is 15.0. The van der Waals surface area contributed by atoms with Crippen LogP contribution in [0.1, 0.15) is 26.5 Å². The Morgan fingerprint density at radius 3 is 2.65 bits per heavy atom. The number of hydrogen-bond donors (Lipinski definition) is 2. The summed E-state index contributed by atoms with van der Waals surface area (Å²) in [4.78, 5) is 24.4. The first-order valence-electron chi connectivity index (χ1n) is 5.90. The molecular formula is C13H14BrN3O2S. The molecule has 20 heavy (non-hydrogen) atoms. The van der Waals surface area contributed by atoms with Crippen molar-refractivity contribution in [2.24, 2.45) is 5.84 Å². The first-order valence-corrected chi connectivity index (χ1v) is 7.51. The minimum Gasteiger partial charge on any atom is -0.299 e. The third-order valence-electron chi connectivity index (χ3n) is 3.15. The number of aromatic nitrogens is 1. The molecule has 5 nitrogen and oxygen atoms in total. The Hall–Kier alpha value is -1.44. The molecule has 0 aliphatic heterocycles. The number of amides is 1. The minimum absolute atomic E-state index is 0.0238. The molecule has 0 aliphatic carbocycles. The van der Waals surface area contributed by atoms with Crippen molar-refractivity contribution in [3.63, 3.8) is 0 Å². The van der Waals surface area contributed by atoms with Crippen LogP contribution in [0.3, 0.4) is 0 Å². The van der Waals surface area contributed by atoms with Gasteiger partial charge in [-0.25, -0.2) is 5.84 Å². The van der Waals surface area contributed by atoms with E-state index >= 15 is 0 Å². The number of rotatable bonds is 3. The average molecular weight is 356 g/mol. The topological polar surface area (TPSA) is 77.1 Å². The maximum Gasteiger partial charge on any atom is 0.307 e. The number of carbonyl (C=O) groups is 1. The van der Waals surface area contributed by atoms with Gasteiger partial charge < -0.3 is 0 Å². The molecule has 0 bridgehead atoms. The van der Waals surface area contributed by atoms with Crippen molar-refractivity contribution in [1.82, 2.24) is 9.99 Å². The zero-order valence-electron chi connectivity index (χ0n) is 11.1. The van der Waals surface area contributed by atoms with Gasteiger partial charge in [0.1, 0.15) is 0 Å². The van der Waals surface area contributed by atoms with Crippen LogP contribution in [0.2, 0.25) is 0 Å². The Balaban J connectivity index is 2.35. The van der Waals surface area contributed by atoms with E-state index in [1.54, 1.807) is 16.7 Å². The lowest BCUT2D eigenvalue weighted by atomic mass is 10.1. The molecule has 106 valence electrons. The minimum atomic E-state index is -0.350. The molecule has 3 N–H and O–H groups in total. The lowest BCUT2D eigenvalue weighted by Crippen LogP contribution is -2.30. The fourth-order valence-electron chi connectivity index (χ4n) is 1.84. The molecule has 1 aromatic heterocycles. The molecule has 2 aromatic rings. The van der Waals surface area contributed by atoms with Crippen molar-refractivity contribution in [2.45, 2.75) is 20.4 Å². The van der Waals surface area contributed by atoms with E-state index < -0.39 is 0 Å². The number of hydrogen-bond acceptors (Lipinski definition) is 4. The van der Waals surface area contributed by atoms with E-state index in [9.17, 15) is 9.59 Å². The summed E-state index contributed by atoms with van der Waals surface area (Å²) >= 11 is 4.67. The highest BCUT2D eigenvalue weighted by atomic mass is 79.9. The summed E-state index contributed by atoms with van der Waals surface area (Å²) in [7, 11) is 0. The summed E-state index contributed by atoms with van der Waals surface area (Å²) < 4.78 is 2.50. The highest BCUT2D eigenvalue weighted by molar-refractivity contribution is 9.10. The number of thiazole rings is 1. The van der Waals surface area contributed by atoms with Crippen molar-refractivity contribution < 1.29 is 4.79 Å². The summed E-state index contributed by atoms with van der Waals surface area (Å²) in [5.74, 6) is 4.75. The average Bonchev–Trinajstić information content (AvgIpc) is 2.66. The van der Waals surface area contributed by atoms with Crippen LogP contribution in [-0.4, -0.2) is 10.5 Å². The van der Waals surface area contributed by atoms with Gasteiger partial charge in [-0.1, -0.05) is 33.3 Å². The molecule has 0 spiro atoms. The summed E-state index contributed by atoms with van der Waals surface area (Å²) in [5, 5.41) is 0. The lowest BCUT2D eigenvalue weighted by Gasteiger charge is -2.09. The zero-order chi connectivity index (χ0) is 14.9. The van der Waals surface area contributed by atoms with E-state index in [1.165, 1.54) is 11.3 Å². The number of nitrogens with zero attached hydrogens (tertiary/aromatic N) is 1. The number of nitrogens with two attached hydrogens (primary N) is 1. The van der Waals surface area contributed by atoms with Gasteiger partial charge in [0.25, 0.3) is 5.91 Å². The van der Waals surface area contributed by atoms with Gasteiger partial charge in [-0.3, -0.25) is 19.6 Å². The summed E-state index contributed by atoms with van der Waals surface area (Å²) in [6, 6.07) is 5.19. The van der Waals surface area contributed by atoms with Crippen LogP contribution in [0.4, 0.5) is 0 Å². The molecule has 1 amide bonds. The largest absolute Gasteiger partial charge is 0.307 e. The van der Waals surface area contributed by atoms with Gasteiger partial charge in [-0.05, 0) is 31.5 Å². The molecule has 1 aromatic carbocycles. The van der Waals surface area contributed by atoms with E-state index in [0.717, 1.165) is 20.6 Å². The van der Waals surface area contributed by atoms with Crippen LogP contribution in [0.5, 0.6) is 0 Å². The van der Waals surface area contributed by atoms with Crippen LogP contribution in [0, 0.1) is 13.8 Å². The highest BCUT2D eigenvalue weighted by Crippen LogP contribution is 2.21. The predicted molar refractivity (Wildman–Crippen MR) is 83.0 cm³/mol. The van der Waals surface area contributed by atoms with E-state index in [2.05, 4.69) is 21.4 Å². The van der Waals surface area contributed by atoms with E-state index in [4.69, 9.17) is 5.84 Å². The molecule has 0 unspecified atom stereocenters. The Labute approximate surface area is 128 Å². The SMILES string of the molecule is Cc1sc(=O)n(Cc2ccc(C(=O)NN)cc2Br)c1C. The van der Waals surface area contributed by atoms with E-state index in [0.29, 0.717) is 12.1 Å². The number of nitrogen functional groups attached to an aromatic ring is 1. The standard InChI is InChI=1S/C13H14BrN3O2S/c1-7-8(2)20-13(19)17(7)6-10-4-3-9(5-11(10)14)12(18)16-15/h3-5H,6,15H2,1-2H3,(H,16,18). The molecule has 2 rings (SSSR count). The molecular weight excluding hydrogens is 342 g/mol. The third kappa shape index (κ3) is 2.84. The third-order valence-corrected chi connectivity index (χ3v) is 4.88. The van der Waals surface area contributed by atoms with Gasteiger partial charge in [0, 0.05) is 20.6 Å². The Morgan fingerprint density at radius 1 is 1.45 bits per heavy atom. The molecule has 0 atom stereocenters. The number of benzene rings is 1. The van der Waals surface area contributed by atoms with Crippen LogP contribution in [0.15, 0.2) is 27.5 Å². The number of nitrogens with one attached hydrogen (secondary N) is 1. The monoisotopic (exact) mass is 355 g/mol. The molecule has 0 fully saturated rings. The molecule has 0 radical (unpaired) electrons. The van der Waals surface area contributed by atoms with Gasteiger partial charge in [-0.2, -0.15) is 0 Å². The Bertz CT molecular complexity index is 721. The summed E-state index contributed by atoms with van der Waals surface area (Å²) in [5.41, 5.74) is 4.45. The maximum absolute atomic E-state index is 11.9. The number of hydrazine groups is 1. The second-order valence-electron chi connectivity index (χ2n) is 4.38. The molecule has 0 aliphatic rings. The van der Waals surface area contributed by atoms with Crippen LogP contribution in [0.25, 0.3) is 0 Å². The summed E-state index contributed by atoms with van der Waals surface area (Å²) in [6.45, 7) is 4.33. The zero-order valence-corrected chi connectivity index (χ0v) is 13.5. The smallest absolute Gasteiger partial charge is 0.299 e. The normalized spacial score (nSPS) is 10.6. The van der Waals surface area contributed by atoms with Gasteiger partial charge in [0.05, 0.1) is 6.54 Å². The molecule has 7 heteroatoms. The fraction of sp³-hybridized carbons (Fsp3) is 0.231. The van der Waals surface area contributed by atoms with Crippen molar-refractivity contribution >= 4 is 33.2 Å². The van der Waals surface area contributed by atoms with Crippen molar-refractivity contribution in [1.29, 1.82) is 0 Å². The van der Waals surface area contributed by atoms with Crippen LogP contribution < -0.4 is 16.1 Å². The van der Waals surface area contributed by atoms with Gasteiger partial charge >= 0.3 is 4.87 Å². The van der Waals surface area contributed by atoms with Crippen LogP contribution in [-0.2, 0) is 6.54 Å². The molecule has 1 heterocycles. The fourth-order valence-corrected chi connectivity index (χ4v) is 3.18. The van der Waals surface area contributed by atoms with Crippen molar-refractivity contribution in [3.8, 4) is 0 Å². The van der Waals surface area contributed by atoms with Gasteiger partial charge in [-0.15, -0.1) is 0 Å². The van der Waals surface area contributed by atoms with Crippen LogP contribution >= 0.6 is 27.3 Å². The second-order valence-corrected chi connectivity index (χ2v) is 6.40. The van der Waals surface area contributed by atoms with Crippen molar-refractivity contribution in [2.75, 3.05) is 0 Å². The molecule has 0 saturated heterocycles.